The molecule has 0 aliphatic carbocycles. The van der Waals surface area contributed by atoms with E-state index in [0.29, 0.717) is 6.61 Å². The van der Waals surface area contributed by atoms with Crippen molar-refractivity contribution in [3.8, 4) is 0 Å². The minimum absolute atomic E-state index is 0. The molecule has 2 rings (SSSR count). The van der Waals surface area contributed by atoms with E-state index in [1.165, 1.54) is 12.1 Å². The molecule has 0 aromatic heterocycles. The maximum atomic E-state index is 12.8. The van der Waals surface area contributed by atoms with E-state index in [-0.39, 0.29) is 36.6 Å². The molecule has 112 valence electrons. The van der Waals surface area contributed by atoms with Crippen molar-refractivity contribution >= 4 is 24.8 Å². The SMILES string of the molecule is CCOC(=O)C1CCN(CCc2ccc(F)cc2)CC1.[LiH]. The van der Waals surface area contributed by atoms with Crippen LogP contribution in [0.25, 0.3) is 0 Å². The number of carbonyl (C=O) groups is 1. The summed E-state index contributed by atoms with van der Waals surface area (Å²) in [7, 11) is 0. The van der Waals surface area contributed by atoms with E-state index in [2.05, 4.69) is 4.90 Å². The fourth-order valence-electron chi connectivity index (χ4n) is 2.59. The van der Waals surface area contributed by atoms with Crippen LogP contribution in [0.15, 0.2) is 24.3 Å². The fourth-order valence-corrected chi connectivity index (χ4v) is 2.59. The molecular formula is C16H23FLiNO2. The molecule has 1 aliphatic rings. The molecule has 1 aromatic carbocycles. The molecule has 5 heteroatoms. The van der Waals surface area contributed by atoms with E-state index < -0.39 is 0 Å². The molecule has 21 heavy (non-hydrogen) atoms. The summed E-state index contributed by atoms with van der Waals surface area (Å²) in [6.07, 6.45) is 2.68. The van der Waals surface area contributed by atoms with Crippen LogP contribution >= 0.6 is 0 Å². The Labute approximate surface area is 138 Å². The summed E-state index contributed by atoms with van der Waals surface area (Å²) < 4.78 is 17.9. The van der Waals surface area contributed by atoms with E-state index in [1.54, 1.807) is 0 Å². The van der Waals surface area contributed by atoms with Gasteiger partial charge >= 0.3 is 24.8 Å². The van der Waals surface area contributed by atoms with Crippen molar-refractivity contribution in [2.24, 2.45) is 5.92 Å². The predicted molar refractivity (Wildman–Crippen MR) is 83.1 cm³/mol. The van der Waals surface area contributed by atoms with Gasteiger partial charge in [-0.3, -0.25) is 4.79 Å². The van der Waals surface area contributed by atoms with Crippen molar-refractivity contribution < 1.29 is 13.9 Å². The normalized spacial score (nSPS) is 16.3. The molecule has 0 spiro atoms. The molecule has 0 N–H and O–H groups in total. The molecule has 0 atom stereocenters. The summed E-state index contributed by atoms with van der Waals surface area (Å²) in [5.74, 6) is -0.174. The topological polar surface area (TPSA) is 29.5 Å². The first-order valence-corrected chi connectivity index (χ1v) is 7.32. The third kappa shape index (κ3) is 5.82. The number of rotatable bonds is 5. The Morgan fingerprint density at radius 2 is 1.90 bits per heavy atom. The number of piperidine rings is 1. The molecule has 1 aliphatic heterocycles. The van der Waals surface area contributed by atoms with Gasteiger partial charge in [-0.1, -0.05) is 12.1 Å². The second-order valence-electron chi connectivity index (χ2n) is 5.24. The third-order valence-electron chi connectivity index (χ3n) is 3.84. The summed E-state index contributed by atoms with van der Waals surface area (Å²) in [6, 6.07) is 6.67. The van der Waals surface area contributed by atoms with Crippen LogP contribution in [0.3, 0.4) is 0 Å². The number of likely N-dealkylation sites (tertiary alicyclic amines) is 1. The Morgan fingerprint density at radius 3 is 2.48 bits per heavy atom. The van der Waals surface area contributed by atoms with E-state index in [1.807, 2.05) is 19.1 Å². The van der Waals surface area contributed by atoms with Gasteiger partial charge in [-0.2, -0.15) is 0 Å². The summed E-state index contributed by atoms with van der Waals surface area (Å²) >= 11 is 0. The average Bonchev–Trinajstić information content (AvgIpc) is 2.47. The van der Waals surface area contributed by atoms with E-state index in [4.69, 9.17) is 4.74 Å². The van der Waals surface area contributed by atoms with Crippen LogP contribution in [-0.4, -0.2) is 56.0 Å². The second kappa shape index (κ2) is 9.25. The average molecular weight is 287 g/mol. The van der Waals surface area contributed by atoms with Gasteiger partial charge in [0.05, 0.1) is 12.5 Å². The van der Waals surface area contributed by atoms with E-state index >= 15 is 0 Å². The quantitative estimate of drug-likeness (QED) is 0.613. The first-order valence-electron chi connectivity index (χ1n) is 7.32. The number of nitrogens with zero attached hydrogens (tertiary/aromatic N) is 1. The van der Waals surface area contributed by atoms with Crippen LogP contribution in [0.2, 0.25) is 0 Å². The third-order valence-corrected chi connectivity index (χ3v) is 3.84. The molecule has 0 radical (unpaired) electrons. The number of carbonyl (C=O) groups excluding carboxylic acids is 1. The number of esters is 1. The zero-order chi connectivity index (χ0) is 14.4. The van der Waals surface area contributed by atoms with Gasteiger partial charge in [0.15, 0.2) is 0 Å². The fraction of sp³-hybridized carbons (Fsp3) is 0.562. The van der Waals surface area contributed by atoms with E-state index in [0.717, 1.165) is 44.5 Å². The van der Waals surface area contributed by atoms with E-state index in [9.17, 15) is 9.18 Å². The standard InChI is InChI=1S/C16H22FNO2.Li.H/c1-2-20-16(19)14-8-11-18(12-9-14)10-7-13-3-5-15(17)6-4-13;;/h3-6,14H,2,7-12H2,1H3;;. The molecule has 0 amide bonds. The van der Waals surface area contributed by atoms with Gasteiger partial charge in [-0.15, -0.1) is 0 Å². The van der Waals surface area contributed by atoms with Gasteiger partial charge in [0.2, 0.25) is 0 Å². The molecule has 1 aromatic rings. The van der Waals surface area contributed by atoms with Crippen LogP contribution in [-0.2, 0) is 16.0 Å². The van der Waals surface area contributed by atoms with Gasteiger partial charge in [-0.25, -0.2) is 4.39 Å². The van der Waals surface area contributed by atoms with Gasteiger partial charge in [0.25, 0.3) is 0 Å². The van der Waals surface area contributed by atoms with Crippen molar-refractivity contribution in [1.82, 2.24) is 4.90 Å². The first kappa shape index (κ1) is 18.2. The molecule has 0 unspecified atom stereocenters. The Morgan fingerprint density at radius 1 is 1.29 bits per heavy atom. The van der Waals surface area contributed by atoms with Crippen LogP contribution < -0.4 is 0 Å². The summed E-state index contributed by atoms with van der Waals surface area (Å²) in [4.78, 5) is 14.0. The Kier molecular flexibility index (Phi) is 8.03. The Balaban J connectivity index is 0.00000220. The molecule has 0 bridgehead atoms. The predicted octanol–water partition coefficient (Wildman–Crippen LogP) is 1.99. The van der Waals surface area contributed by atoms with Crippen molar-refractivity contribution in [1.29, 1.82) is 0 Å². The van der Waals surface area contributed by atoms with Gasteiger partial charge in [0.1, 0.15) is 5.82 Å². The van der Waals surface area contributed by atoms with Crippen molar-refractivity contribution in [3.63, 3.8) is 0 Å². The molecule has 3 nitrogen and oxygen atoms in total. The summed E-state index contributed by atoms with van der Waals surface area (Å²) in [6.45, 7) is 5.13. The number of benzene rings is 1. The minimum atomic E-state index is -0.191. The van der Waals surface area contributed by atoms with Crippen LogP contribution in [0.5, 0.6) is 0 Å². The molecular weight excluding hydrogens is 264 g/mol. The Bertz CT molecular complexity index is 430. The van der Waals surface area contributed by atoms with Crippen molar-refractivity contribution in [3.05, 3.63) is 35.6 Å². The molecule has 0 saturated carbocycles. The van der Waals surface area contributed by atoms with Gasteiger partial charge in [0, 0.05) is 6.54 Å². The number of ether oxygens (including phenoxy) is 1. The summed E-state index contributed by atoms with van der Waals surface area (Å²) in [5.41, 5.74) is 1.15. The Hall–Kier alpha value is -0.823. The molecule has 1 saturated heterocycles. The number of hydrogen-bond acceptors (Lipinski definition) is 3. The first-order chi connectivity index (χ1) is 9.69. The number of hydrogen-bond donors (Lipinski definition) is 0. The zero-order valence-electron chi connectivity index (χ0n) is 12.0. The van der Waals surface area contributed by atoms with Crippen LogP contribution in [0.4, 0.5) is 4.39 Å². The molecule has 1 heterocycles. The summed E-state index contributed by atoms with van der Waals surface area (Å²) in [5, 5.41) is 0. The second-order valence-corrected chi connectivity index (χ2v) is 5.24. The van der Waals surface area contributed by atoms with Gasteiger partial charge in [-0.05, 0) is 57.0 Å². The number of halogens is 1. The zero-order valence-corrected chi connectivity index (χ0v) is 12.0. The van der Waals surface area contributed by atoms with Crippen LogP contribution in [0, 0.1) is 11.7 Å². The monoisotopic (exact) mass is 287 g/mol. The van der Waals surface area contributed by atoms with Crippen LogP contribution in [0.1, 0.15) is 25.3 Å². The van der Waals surface area contributed by atoms with Crippen molar-refractivity contribution in [2.75, 3.05) is 26.2 Å². The van der Waals surface area contributed by atoms with Gasteiger partial charge < -0.3 is 9.64 Å². The van der Waals surface area contributed by atoms with Crippen molar-refractivity contribution in [2.45, 2.75) is 26.2 Å². The molecule has 1 fully saturated rings. The maximum absolute atomic E-state index is 12.8.